The van der Waals surface area contributed by atoms with E-state index in [1.807, 2.05) is 24.3 Å². The molecule has 0 unspecified atom stereocenters. The van der Waals surface area contributed by atoms with Crippen molar-refractivity contribution in [2.75, 3.05) is 59.7 Å². The fourth-order valence-electron chi connectivity index (χ4n) is 4.13. The predicted octanol–water partition coefficient (Wildman–Crippen LogP) is 1.72. The lowest BCUT2D eigenvalue weighted by molar-refractivity contribution is 0.0356. The van der Waals surface area contributed by atoms with Gasteiger partial charge in [-0.25, -0.2) is 0 Å². The molecule has 2 aromatic rings. The number of ether oxygens (including phenoxy) is 3. The van der Waals surface area contributed by atoms with E-state index in [2.05, 4.69) is 20.1 Å². The number of hydrogen-bond donors (Lipinski definition) is 2. The van der Waals surface area contributed by atoms with Crippen LogP contribution in [0.2, 0.25) is 0 Å². The number of rotatable bonds is 8. The monoisotopic (exact) mass is 460 g/mol. The molecule has 4 rings (SSSR count). The Morgan fingerprint density at radius 2 is 2.16 bits per heavy atom. The Kier molecular flexibility index (Phi) is 7.96. The lowest BCUT2D eigenvalue weighted by Gasteiger charge is -2.31. The summed E-state index contributed by atoms with van der Waals surface area (Å²) >= 11 is 5.74. The van der Waals surface area contributed by atoms with Crippen LogP contribution >= 0.6 is 12.2 Å². The van der Waals surface area contributed by atoms with E-state index in [4.69, 9.17) is 26.4 Å². The van der Waals surface area contributed by atoms with E-state index in [9.17, 15) is 4.79 Å². The number of hydrogen-bond acceptors (Lipinski definition) is 6. The van der Waals surface area contributed by atoms with Gasteiger partial charge in [0.15, 0.2) is 5.11 Å². The summed E-state index contributed by atoms with van der Waals surface area (Å²) in [6, 6.07) is 7.64. The Bertz CT molecular complexity index is 970. The molecule has 9 heteroatoms. The van der Waals surface area contributed by atoms with E-state index < -0.39 is 0 Å². The number of benzene rings is 1. The van der Waals surface area contributed by atoms with Gasteiger partial charge in [0, 0.05) is 51.0 Å². The first-order valence-electron chi connectivity index (χ1n) is 11.3. The number of aromatic nitrogens is 1. The van der Waals surface area contributed by atoms with E-state index in [-0.39, 0.29) is 11.7 Å². The van der Waals surface area contributed by atoms with Crippen molar-refractivity contribution >= 4 is 28.2 Å². The number of nitrogens with one attached hydrogen (secondary N) is 2. The van der Waals surface area contributed by atoms with Gasteiger partial charge in [0.25, 0.3) is 5.56 Å². The van der Waals surface area contributed by atoms with Crippen molar-refractivity contribution in [1.29, 1.82) is 0 Å². The number of fused-ring (bicyclic) bond motifs is 1. The summed E-state index contributed by atoms with van der Waals surface area (Å²) in [5, 5.41) is 4.98. The molecule has 0 amide bonds. The minimum Gasteiger partial charge on any atom is -0.497 e. The average molecular weight is 461 g/mol. The number of thiocarbonyl (C=S) groups is 1. The van der Waals surface area contributed by atoms with Gasteiger partial charge in [-0.3, -0.25) is 9.69 Å². The highest BCUT2D eigenvalue weighted by Gasteiger charge is 2.19. The van der Waals surface area contributed by atoms with E-state index >= 15 is 0 Å². The van der Waals surface area contributed by atoms with Crippen molar-refractivity contribution in [3.8, 4) is 5.75 Å². The zero-order chi connectivity index (χ0) is 22.3. The van der Waals surface area contributed by atoms with Crippen LogP contribution in [0, 0.1) is 0 Å². The third-order valence-electron chi connectivity index (χ3n) is 6.07. The molecule has 0 bridgehead atoms. The first-order valence-corrected chi connectivity index (χ1v) is 11.7. The smallest absolute Gasteiger partial charge is 0.253 e. The number of morpholine rings is 1. The number of methoxy groups -OCH3 is 1. The van der Waals surface area contributed by atoms with Crippen molar-refractivity contribution in [3.63, 3.8) is 0 Å². The van der Waals surface area contributed by atoms with E-state index in [1.54, 1.807) is 7.11 Å². The molecular formula is C23H32N4O4S. The summed E-state index contributed by atoms with van der Waals surface area (Å²) in [4.78, 5) is 20.3. The lowest BCUT2D eigenvalue weighted by atomic mass is 10.1. The second-order valence-corrected chi connectivity index (χ2v) is 8.66. The van der Waals surface area contributed by atoms with Crippen molar-refractivity contribution in [3.05, 3.63) is 40.2 Å². The zero-order valence-electron chi connectivity index (χ0n) is 18.6. The van der Waals surface area contributed by atoms with Crippen LogP contribution in [0.3, 0.4) is 0 Å². The summed E-state index contributed by atoms with van der Waals surface area (Å²) in [5.41, 5.74) is 1.34. The van der Waals surface area contributed by atoms with Gasteiger partial charge < -0.3 is 29.4 Å². The van der Waals surface area contributed by atoms with Gasteiger partial charge in [0.2, 0.25) is 0 Å². The Morgan fingerprint density at radius 1 is 1.31 bits per heavy atom. The molecule has 174 valence electrons. The molecule has 1 aromatic heterocycles. The van der Waals surface area contributed by atoms with Gasteiger partial charge in [0.05, 0.1) is 38.5 Å². The van der Waals surface area contributed by atoms with Crippen LogP contribution in [-0.4, -0.2) is 85.7 Å². The Labute approximate surface area is 193 Å². The highest BCUT2D eigenvalue weighted by atomic mass is 32.1. The van der Waals surface area contributed by atoms with Crippen LogP contribution in [0.1, 0.15) is 18.4 Å². The van der Waals surface area contributed by atoms with Gasteiger partial charge in [-0.2, -0.15) is 0 Å². The third kappa shape index (κ3) is 5.98. The molecule has 3 heterocycles. The Balaban J connectivity index is 1.48. The molecule has 8 nitrogen and oxygen atoms in total. The van der Waals surface area contributed by atoms with Crippen LogP contribution in [0.25, 0.3) is 10.9 Å². The minimum absolute atomic E-state index is 0.107. The summed E-state index contributed by atoms with van der Waals surface area (Å²) in [6.07, 6.45) is 2.35. The number of H-pyrrole nitrogens is 1. The van der Waals surface area contributed by atoms with E-state index in [0.717, 1.165) is 69.7 Å². The molecule has 0 spiro atoms. The normalized spacial score (nSPS) is 19.2. The second kappa shape index (κ2) is 11.1. The first-order chi connectivity index (χ1) is 15.6. The largest absolute Gasteiger partial charge is 0.497 e. The molecular weight excluding hydrogens is 428 g/mol. The van der Waals surface area contributed by atoms with Crippen molar-refractivity contribution in [2.45, 2.75) is 25.5 Å². The SMILES string of the molecule is COc1ccc2cc(CN(CCN3CCOCC3)C(=S)NC[C@H]3CCCO3)c(=O)[nH]c2c1. The zero-order valence-corrected chi connectivity index (χ0v) is 19.4. The Hall–Kier alpha value is -2.20. The highest BCUT2D eigenvalue weighted by Crippen LogP contribution is 2.19. The van der Waals surface area contributed by atoms with Gasteiger partial charge >= 0.3 is 0 Å². The van der Waals surface area contributed by atoms with Gasteiger partial charge in [-0.1, -0.05) is 0 Å². The molecule has 32 heavy (non-hydrogen) atoms. The summed E-state index contributed by atoms with van der Waals surface area (Å²) in [7, 11) is 1.62. The molecule has 1 atom stereocenters. The van der Waals surface area contributed by atoms with Crippen LogP contribution in [0.5, 0.6) is 5.75 Å². The topological polar surface area (TPSA) is 79.1 Å². The number of pyridine rings is 1. The first kappa shape index (κ1) is 23.0. The predicted molar refractivity (Wildman–Crippen MR) is 128 cm³/mol. The molecule has 2 aliphatic rings. The van der Waals surface area contributed by atoms with Crippen molar-refractivity contribution < 1.29 is 14.2 Å². The minimum atomic E-state index is -0.107. The fraction of sp³-hybridized carbons (Fsp3) is 0.565. The van der Waals surface area contributed by atoms with Crippen LogP contribution in [0.4, 0.5) is 0 Å². The summed E-state index contributed by atoms with van der Waals surface area (Å²) < 4.78 is 16.4. The Morgan fingerprint density at radius 3 is 2.91 bits per heavy atom. The third-order valence-corrected chi connectivity index (χ3v) is 6.48. The maximum Gasteiger partial charge on any atom is 0.253 e. The van der Waals surface area contributed by atoms with Crippen LogP contribution in [0.15, 0.2) is 29.1 Å². The molecule has 0 aliphatic carbocycles. The van der Waals surface area contributed by atoms with Crippen LogP contribution in [-0.2, 0) is 16.0 Å². The quantitative estimate of drug-likeness (QED) is 0.577. The van der Waals surface area contributed by atoms with E-state index in [1.165, 1.54) is 0 Å². The average Bonchev–Trinajstić information content (AvgIpc) is 3.34. The molecule has 2 fully saturated rings. The summed E-state index contributed by atoms with van der Waals surface area (Å²) in [6.45, 7) is 6.91. The van der Waals surface area contributed by atoms with Crippen molar-refractivity contribution in [2.24, 2.45) is 0 Å². The molecule has 0 saturated carbocycles. The second-order valence-electron chi connectivity index (χ2n) is 8.27. The van der Waals surface area contributed by atoms with Gasteiger partial charge in [-0.15, -0.1) is 0 Å². The molecule has 1 aromatic carbocycles. The maximum absolute atomic E-state index is 12.8. The van der Waals surface area contributed by atoms with Gasteiger partial charge in [0.1, 0.15) is 5.75 Å². The fourth-order valence-corrected chi connectivity index (χ4v) is 4.37. The van der Waals surface area contributed by atoms with Crippen molar-refractivity contribution in [1.82, 2.24) is 20.1 Å². The standard InChI is InChI=1S/C23H32N4O4S/c1-29-19-5-4-17-13-18(22(28)25-21(17)14-19)16-27(7-6-26-8-11-30-12-9-26)23(32)24-15-20-3-2-10-31-20/h4-5,13-14,20H,2-3,6-12,15-16H2,1H3,(H,24,32)(H,25,28)/t20-/m1/s1. The van der Waals surface area contributed by atoms with Gasteiger partial charge in [-0.05, 0) is 48.6 Å². The van der Waals surface area contributed by atoms with Crippen LogP contribution < -0.4 is 15.6 Å². The highest BCUT2D eigenvalue weighted by molar-refractivity contribution is 7.80. The number of nitrogens with zero attached hydrogens (tertiary/aromatic N) is 2. The molecule has 2 saturated heterocycles. The molecule has 0 radical (unpaired) electrons. The molecule has 2 aliphatic heterocycles. The van der Waals surface area contributed by atoms with E-state index in [0.29, 0.717) is 29.5 Å². The summed E-state index contributed by atoms with van der Waals surface area (Å²) in [5.74, 6) is 0.715. The maximum atomic E-state index is 12.8. The lowest BCUT2D eigenvalue weighted by Crippen LogP contribution is -2.47. The molecule has 2 N–H and O–H groups in total. The number of aromatic amines is 1.